The summed E-state index contributed by atoms with van der Waals surface area (Å²) in [5.74, 6) is -1.03. The van der Waals surface area contributed by atoms with E-state index in [2.05, 4.69) is 32.5 Å². The molecule has 0 atom stereocenters. The van der Waals surface area contributed by atoms with Gasteiger partial charge >= 0.3 is 6.18 Å². The predicted molar refractivity (Wildman–Crippen MR) is 162 cm³/mol. The third kappa shape index (κ3) is 7.32. The van der Waals surface area contributed by atoms with E-state index in [4.69, 9.17) is 0 Å². The summed E-state index contributed by atoms with van der Waals surface area (Å²) in [5, 5.41) is 9.54. The van der Waals surface area contributed by atoms with Gasteiger partial charge in [-0.3, -0.25) is 24.2 Å². The minimum absolute atomic E-state index is 0.0336. The van der Waals surface area contributed by atoms with Crippen molar-refractivity contribution in [2.24, 2.45) is 7.05 Å². The molecule has 0 saturated carbocycles. The highest BCUT2D eigenvalue weighted by molar-refractivity contribution is 6.08. The van der Waals surface area contributed by atoms with E-state index < -0.39 is 23.6 Å². The van der Waals surface area contributed by atoms with Crippen LogP contribution in [0.15, 0.2) is 67.3 Å². The number of benzene rings is 2. The number of piperazine rings is 1. The van der Waals surface area contributed by atoms with Gasteiger partial charge in [0.1, 0.15) is 0 Å². The first kappa shape index (κ1) is 30.9. The lowest BCUT2D eigenvalue weighted by Gasteiger charge is -2.34. The number of amides is 2. The van der Waals surface area contributed by atoms with Gasteiger partial charge in [-0.2, -0.15) is 18.3 Å². The minimum atomic E-state index is -4.58. The summed E-state index contributed by atoms with van der Waals surface area (Å²) >= 11 is 0. The molecule has 2 amide bonds. The van der Waals surface area contributed by atoms with E-state index in [-0.39, 0.29) is 23.4 Å². The second-order valence-corrected chi connectivity index (χ2v) is 10.9. The highest BCUT2D eigenvalue weighted by atomic mass is 19.4. The first-order chi connectivity index (χ1) is 21.0. The number of rotatable bonds is 8. The molecule has 0 bridgehead atoms. The molecule has 0 spiro atoms. The van der Waals surface area contributed by atoms with E-state index in [9.17, 15) is 22.8 Å². The van der Waals surface area contributed by atoms with Gasteiger partial charge in [0.25, 0.3) is 11.8 Å². The second kappa shape index (κ2) is 13.0. The van der Waals surface area contributed by atoms with Crippen molar-refractivity contribution in [1.82, 2.24) is 24.6 Å². The summed E-state index contributed by atoms with van der Waals surface area (Å²) in [5.41, 5.74) is 2.55. The van der Waals surface area contributed by atoms with Gasteiger partial charge in [0.2, 0.25) is 0 Å². The predicted octanol–water partition coefficient (Wildman–Crippen LogP) is 5.45. The number of aryl methyl sites for hydroxylation is 2. The van der Waals surface area contributed by atoms with Crippen LogP contribution in [0.3, 0.4) is 0 Å². The zero-order valence-corrected chi connectivity index (χ0v) is 24.8. The molecule has 0 radical (unpaired) electrons. The van der Waals surface area contributed by atoms with Crippen molar-refractivity contribution in [3.8, 4) is 11.1 Å². The van der Waals surface area contributed by atoms with Gasteiger partial charge in [0.15, 0.2) is 0 Å². The van der Waals surface area contributed by atoms with E-state index in [1.165, 1.54) is 24.4 Å². The smallest absolute Gasteiger partial charge is 0.322 e. The monoisotopic (exact) mass is 605 g/mol. The molecule has 1 aliphatic heterocycles. The zero-order chi connectivity index (χ0) is 31.4. The summed E-state index contributed by atoms with van der Waals surface area (Å²) in [6, 6.07) is 10.3. The molecule has 9 nitrogen and oxygen atoms in total. The molecule has 3 heterocycles. The lowest BCUT2D eigenvalue weighted by Crippen LogP contribution is -2.45. The van der Waals surface area contributed by atoms with E-state index in [1.54, 1.807) is 49.2 Å². The second-order valence-electron chi connectivity index (χ2n) is 10.9. The van der Waals surface area contributed by atoms with Gasteiger partial charge < -0.3 is 15.5 Å². The molecular weight excluding hydrogens is 571 g/mol. The fraction of sp³-hybridized carbons (Fsp3) is 0.312. The highest BCUT2D eigenvalue weighted by Crippen LogP contribution is 2.35. The fourth-order valence-electron chi connectivity index (χ4n) is 5.15. The van der Waals surface area contributed by atoms with Gasteiger partial charge in [-0.25, -0.2) is 0 Å². The van der Waals surface area contributed by atoms with Crippen LogP contribution in [-0.4, -0.2) is 69.1 Å². The molecule has 2 aromatic heterocycles. The number of carbonyl (C=O) groups is 2. The number of aromatic nitrogens is 3. The number of likely N-dealkylation sites (N-methyl/N-ethyl adjacent to an activating group) is 1. The molecule has 2 N–H and O–H groups in total. The van der Waals surface area contributed by atoms with Crippen molar-refractivity contribution in [3.05, 3.63) is 95.1 Å². The van der Waals surface area contributed by atoms with Crippen LogP contribution in [0.2, 0.25) is 0 Å². The third-order valence-corrected chi connectivity index (χ3v) is 7.77. The van der Waals surface area contributed by atoms with E-state index in [1.807, 2.05) is 11.1 Å². The van der Waals surface area contributed by atoms with Gasteiger partial charge in [-0.15, -0.1) is 0 Å². The van der Waals surface area contributed by atoms with E-state index >= 15 is 0 Å². The van der Waals surface area contributed by atoms with Crippen LogP contribution in [0.25, 0.3) is 11.1 Å². The Labute approximate surface area is 253 Å². The molecular formula is C32H34F3N7O2. The molecule has 2 aromatic carbocycles. The maximum Gasteiger partial charge on any atom is 0.416 e. The Balaban J connectivity index is 1.29. The Hall–Kier alpha value is -4.55. The number of alkyl halides is 3. The molecule has 4 aromatic rings. The van der Waals surface area contributed by atoms with Gasteiger partial charge in [-0.05, 0) is 54.9 Å². The summed E-state index contributed by atoms with van der Waals surface area (Å²) in [4.78, 5) is 34.7. The molecule has 230 valence electrons. The Kier molecular flexibility index (Phi) is 9.12. The molecule has 44 heavy (non-hydrogen) atoms. The number of hydrogen-bond donors (Lipinski definition) is 2. The van der Waals surface area contributed by atoms with Crippen LogP contribution >= 0.6 is 0 Å². The Morgan fingerprint density at radius 2 is 1.59 bits per heavy atom. The maximum atomic E-state index is 14.1. The fourth-order valence-corrected chi connectivity index (χ4v) is 5.15. The quantitative estimate of drug-likeness (QED) is 0.277. The van der Waals surface area contributed by atoms with Crippen LogP contribution in [0.4, 0.5) is 24.5 Å². The molecule has 5 rings (SSSR count). The third-order valence-electron chi connectivity index (χ3n) is 7.77. The summed E-state index contributed by atoms with van der Waals surface area (Å²) in [7, 11) is 1.79. The SMILES string of the molecule is CCN1CCN(Cc2ccc(NC(=O)c3ccc(C)c(NC(=O)c4cncc(-c5cnn(C)c5)c4)c3)cc2C(F)(F)F)CC1. The number of nitrogens with zero attached hydrogens (tertiary/aromatic N) is 5. The number of pyridine rings is 1. The van der Waals surface area contributed by atoms with Crippen LogP contribution in [0.5, 0.6) is 0 Å². The normalized spacial score (nSPS) is 14.4. The molecule has 1 saturated heterocycles. The number of carbonyl (C=O) groups excluding carboxylic acids is 2. The minimum Gasteiger partial charge on any atom is -0.322 e. The zero-order valence-electron chi connectivity index (χ0n) is 24.8. The lowest BCUT2D eigenvalue weighted by atomic mass is 10.0. The topological polar surface area (TPSA) is 95.4 Å². The van der Waals surface area contributed by atoms with Gasteiger partial charge in [0.05, 0.1) is 17.3 Å². The summed E-state index contributed by atoms with van der Waals surface area (Å²) in [6.45, 7) is 7.98. The molecule has 0 aliphatic carbocycles. The van der Waals surface area contributed by atoms with Crippen molar-refractivity contribution >= 4 is 23.2 Å². The maximum absolute atomic E-state index is 14.1. The van der Waals surface area contributed by atoms with Crippen molar-refractivity contribution < 1.29 is 22.8 Å². The van der Waals surface area contributed by atoms with Crippen molar-refractivity contribution in [3.63, 3.8) is 0 Å². The number of halogens is 3. The van der Waals surface area contributed by atoms with Crippen LogP contribution in [0.1, 0.15) is 44.3 Å². The average molecular weight is 606 g/mol. The number of nitrogens with one attached hydrogen (secondary N) is 2. The first-order valence-electron chi connectivity index (χ1n) is 14.3. The van der Waals surface area contributed by atoms with Crippen LogP contribution in [0, 0.1) is 6.92 Å². The number of hydrogen-bond acceptors (Lipinski definition) is 6. The first-order valence-corrected chi connectivity index (χ1v) is 14.3. The molecule has 12 heteroatoms. The lowest BCUT2D eigenvalue weighted by molar-refractivity contribution is -0.138. The highest BCUT2D eigenvalue weighted by Gasteiger charge is 2.34. The largest absolute Gasteiger partial charge is 0.416 e. The molecule has 1 aliphatic rings. The number of anilines is 2. The Morgan fingerprint density at radius 1 is 0.864 bits per heavy atom. The van der Waals surface area contributed by atoms with E-state index in [0.717, 1.165) is 36.8 Å². The van der Waals surface area contributed by atoms with Crippen LogP contribution < -0.4 is 10.6 Å². The van der Waals surface area contributed by atoms with Crippen molar-refractivity contribution in [1.29, 1.82) is 0 Å². The van der Waals surface area contributed by atoms with Crippen LogP contribution in [-0.2, 0) is 19.8 Å². The molecule has 1 fully saturated rings. The molecule has 0 unspecified atom stereocenters. The van der Waals surface area contributed by atoms with Gasteiger partial charge in [-0.1, -0.05) is 19.1 Å². The standard InChI is InChI=1S/C32H34F3N7O2/c1-4-41-9-11-42(12-10-41)20-23-7-8-27(15-28(23)32(33,34)35)38-30(43)22-6-5-21(2)29(14-22)39-31(44)25-13-24(16-36-17-25)26-18-37-40(3)19-26/h5-8,13-19H,4,9-12,20H2,1-3H3,(H,38,43)(H,39,44). The Morgan fingerprint density at radius 3 is 2.27 bits per heavy atom. The summed E-state index contributed by atoms with van der Waals surface area (Å²) < 4.78 is 43.8. The van der Waals surface area contributed by atoms with Crippen molar-refractivity contribution in [2.45, 2.75) is 26.6 Å². The van der Waals surface area contributed by atoms with Crippen molar-refractivity contribution in [2.75, 3.05) is 43.4 Å². The van der Waals surface area contributed by atoms with Gasteiger partial charge in [0, 0.05) is 86.4 Å². The van der Waals surface area contributed by atoms with E-state index in [0.29, 0.717) is 29.9 Å². The Bertz CT molecular complexity index is 1660. The summed E-state index contributed by atoms with van der Waals surface area (Å²) in [6.07, 6.45) is 1.98. The average Bonchev–Trinajstić information content (AvgIpc) is 3.45.